The summed E-state index contributed by atoms with van der Waals surface area (Å²) in [5.74, 6) is -0.874. The predicted molar refractivity (Wildman–Crippen MR) is 101 cm³/mol. The Bertz CT molecular complexity index is 1160. The first kappa shape index (κ1) is 23.7. The second-order valence-corrected chi connectivity index (χ2v) is 5.72. The fourth-order valence-corrected chi connectivity index (χ4v) is 2.78. The van der Waals surface area contributed by atoms with Crippen LogP contribution in [0.3, 0.4) is 0 Å². The predicted octanol–water partition coefficient (Wildman–Crippen LogP) is -1.56. The van der Waals surface area contributed by atoms with E-state index in [0.717, 1.165) is 5.69 Å². The molecule has 4 heterocycles. The van der Waals surface area contributed by atoms with E-state index in [9.17, 15) is 9.90 Å². The van der Waals surface area contributed by atoms with Gasteiger partial charge in [0.05, 0.1) is 17.0 Å². The van der Waals surface area contributed by atoms with Gasteiger partial charge >= 0.3 is 24.8 Å². The number of carboxylic acids is 1. The number of carboxylic acid groups (broad SMARTS) is 1. The van der Waals surface area contributed by atoms with Gasteiger partial charge in [-0.1, -0.05) is 6.07 Å². The van der Waals surface area contributed by atoms with Gasteiger partial charge in [-0.15, -0.1) is 0 Å². The van der Waals surface area contributed by atoms with Crippen molar-refractivity contribution < 1.29 is 39.7 Å². The Labute approximate surface area is 177 Å². The van der Waals surface area contributed by atoms with Gasteiger partial charge in [-0.2, -0.15) is 0 Å². The van der Waals surface area contributed by atoms with Crippen LogP contribution in [0.4, 0.5) is 5.95 Å². The van der Waals surface area contributed by atoms with Gasteiger partial charge in [0.15, 0.2) is 0 Å². The number of aromatic carboxylic acids is 1. The topological polar surface area (TPSA) is 181 Å². The summed E-state index contributed by atoms with van der Waals surface area (Å²) in [6, 6.07) is 10.4. The van der Waals surface area contributed by atoms with Crippen molar-refractivity contribution in [1.82, 2.24) is 24.3 Å². The molecule has 0 fully saturated rings. The first-order valence-electron chi connectivity index (χ1n) is 7.81. The van der Waals surface area contributed by atoms with Crippen LogP contribution < -0.4 is 24.6 Å². The molecule has 0 spiro atoms. The van der Waals surface area contributed by atoms with Crippen molar-refractivity contribution >= 4 is 17.6 Å². The zero-order chi connectivity index (χ0) is 18.3. The summed E-state index contributed by atoms with van der Waals surface area (Å²) >= 11 is 0. The first-order valence-corrected chi connectivity index (χ1v) is 7.81. The van der Waals surface area contributed by atoms with E-state index in [4.69, 9.17) is 5.73 Å². The number of anilines is 1. The van der Waals surface area contributed by atoms with Crippen molar-refractivity contribution in [2.75, 3.05) is 5.73 Å². The summed E-state index contributed by atoms with van der Waals surface area (Å²) in [6.45, 7) is 1.89. The molecular formula is C18H17LiN6O4. The molecule has 0 atom stereocenters. The number of nitrogen functional groups attached to an aromatic ring is 1. The van der Waals surface area contributed by atoms with E-state index in [1.807, 2.05) is 25.1 Å². The quantitative estimate of drug-likeness (QED) is 0.395. The molecular weight excluding hydrogens is 371 g/mol. The number of carbonyl (C=O) groups is 1. The molecule has 11 heteroatoms. The van der Waals surface area contributed by atoms with E-state index in [-0.39, 0.29) is 41.3 Å². The van der Waals surface area contributed by atoms with Gasteiger partial charge in [0.2, 0.25) is 5.95 Å². The molecule has 10 nitrogen and oxygen atoms in total. The maximum Gasteiger partial charge on any atom is 1.00 e. The van der Waals surface area contributed by atoms with Gasteiger partial charge in [-0.05, 0) is 37.3 Å². The van der Waals surface area contributed by atoms with Crippen LogP contribution in [0.15, 0.2) is 48.8 Å². The van der Waals surface area contributed by atoms with Gasteiger partial charge < -0.3 is 21.8 Å². The van der Waals surface area contributed by atoms with Crippen LogP contribution in [-0.4, -0.2) is 46.4 Å². The number of fused-ring (bicyclic) bond motifs is 1. The van der Waals surface area contributed by atoms with Crippen LogP contribution in [0.5, 0.6) is 0 Å². The van der Waals surface area contributed by atoms with Gasteiger partial charge in [-0.25, -0.2) is 19.7 Å². The van der Waals surface area contributed by atoms with E-state index < -0.39 is 5.97 Å². The Morgan fingerprint density at radius 3 is 2.52 bits per heavy atom. The molecule has 4 aromatic rings. The Morgan fingerprint density at radius 2 is 1.86 bits per heavy atom. The third-order valence-corrected chi connectivity index (χ3v) is 3.92. The summed E-state index contributed by atoms with van der Waals surface area (Å²) in [5.41, 5.74) is 9.72. The first-order chi connectivity index (χ1) is 12.5. The maximum absolute atomic E-state index is 11.3. The molecule has 0 unspecified atom stereocenters. The average molecular weight is 388 g/mol. The number of rotatable bonds is 3. The number of nitrogens with zero attached hydrogens (tertiary/aromatic N) is 5. The third-order valence-electron chi connectivity index (χ3n) is 3.92. The van der Waals surface area contributed by atoms with Crippen LogP contribution >= 0.6 is 0 Å². The molecule has 0 amide bonds. The summed E-state index contributed by atoms with van der Waals surface area (Å²) < 4.78 is 1.77. The van der Waals surface area contributed by atoms with Crippen molar-refractivity contribution in [1.29, 1.82) is 0 Å². The number of aromatic nitrogens is 5. The minimum atomic E-state index is -1.02. The Balaban J connectivity index is 0.00000140. The number of nitrogens with two attached hydrogens (primary N) is 1. The zero-order valence-electron chi connectivity index (χ0n) is 15.7. The van der Waals surface area contributed by atoms with Crippen LogP contribution in [-0.2, 0) is 0 Å². The minimum Gasteiger partial charge on any atom is -0.870 e. The van der Waals surface area contributed by atoms with Crippen LogP contribution in [0.2, 0.25) is 0 Å². The largest absolute Gasteiger partial charge is 1.00 e. The Kier molecular flexibility index (Phi) is 7.59. The molecule has 0 aliphatic rings. The van der Waals surface area contributed by atoms with Gasteiger partial charge in [-0.3, -0.25) is 9.38 Å². The summed E-state index contributed by atoms with van der Waals surface area (Å²) in [7, 11) is 0. The van der Waals surface area contributed by atoms with E-state index in [2.05, 4.69) is 19.9 Å². The smallest absolute Gasteiger partial charge is 0.870 e. The Hall–Kier alpha value is -3.29. The number of aryl methyl sites for hydroxylation is 1. The number of hydrogen-bond donors (Lipinski definition) is 2. The SMILES string of the molecule is Cc1cccc(-c2nc3cc(C(=O)O)ccn3c2-c2ccnc(N)n2)n1.O.[Li+].[OH-]. The molecule has 0 aliphatic carbocycles. The molecule has 4 aromatic heterocycles. The van der Waals surface area contributed by atoms with Gasteiger partial charge in [0.25, 0.3) is 0 Å². The maximum atomic E-state index is 11.3. The molecule has 0 saturated heterocycles. The number of imidazole rings is 1. The average Bonchev–Trinajstić information content (AvgIpc) is 3.00. The standard InChI is InChI=1S/C18H14N6O2.Li.2H2O/c1-10-3-2-4-12(21-10)15-16(13-5-7-20-18(19)22-13)24-8-6-11(17(25)26)9-14(24)23-15;;;/h2-9H,1H3,(H,25,26)(H2,19,20,22);;2*1H2/q;+1;;/p-1. The van der Waals surface area contributed by atoms with Crippen molar-refractivity contribution in [2.45, 2.75) is 6.92 Å². The Morgan fingerprint density at radius 1 is 1.10 bits per heavy atom. The molecule has 29 heavy (non-hydrogen) atoms. The number of hydrogen-bond acceptors (Lipinski definition) is 7. The van der Waals surface area contributed by atoms with E-state index in [1.165, 1.54) is 12.1 Å². The fourth-order valence-electron chi connectivity index (χ4n) is 2.78. The molecule has 144 valence electrons. The molecule has 0 aliphatic heterocycles. The third kappa shape index (κ3) is 4.42. The fraction of sp³-hybridized carbons (Fsp3) is 0.0556. The van der Waals surface area contributed by atoms with Crippen LogP contribution in [0, 0.1) is 6.92 Å². The van der Waals surface area contributed by atoms with Crippen molar-refractivity contribution in [2.24, 2.45) is 0 Å². The van der Waals surface area contributed by atoms with Gasteiger partial charge in [0, 0.05) is 18.1 Å². The zero-order valence-corrected chi connectivity index (χ0v) is 15.7. The van der Waals surface area contributed by atoms with Crippen molar-refractivity contribution in [3.8, 4) is 22.8 Å². The summed E-state index contributed by atoms with van der Waals surface area (Å²) in [4.78, 5) is 28.6. The molecule has 0 aromatic carbocycles. The van der Waals surface area contributed by atoms with Gasteiger partial charge in [0.1, 0.15) is 17.0 Å². The summed E-state index contributed by atoms with van der Waals surface area (Å²) in [5, 5.41) is 9.24. The number of pyridine rings is 2. The minimum absolute atomic E-state index is 0. The molecule has 0 saturated carbocycles. The van der Waals surface area contributed by atoms with E-state index in [0.29, 0.717) is 28.4 Å². The monoisotopic (exact) mass is 388 g/mol. The second kappa shape index (κ2) is 9.27. The van der Waals surface area contributed by atoms with Crippen LogP contribution in [0.1, 0.15) is 16.1 Å². The van der Waals surface area contributed by atoms with E-state index in [1.54, 1.807) is 22.9 Å². The molecule has 0 bridgehead atoms. The molecule has 4 rings (SSSR count). The normalized spacial score (nSPS) is 9.83. The molecule has 0 radical (unpaired) electrons. The van der Waals surface area contributed by atoms with Crippen molar-refractivity contribution in [3.05, 3.63) is 60.0 Å². The molecule has 6 N–H and O–H groups in total. The second-order valence-electron chi connectivity index (χ2n) is 5.72. The summed E-state index contributed by atoms with van der Waals surface area (Å²) in [6.07, 6.45) is 3.22. The van der Waals surface area contributed by atoms with Crippen LogP contribution in [0.25, 0.3) is 28.4 Å². The van der Waals surface area contributed by atoms with E-state index >= 15 is 0 Å². The van der Waals surface area contributed by atoms with Crippen molar-refractivity contribution in [3.63, 3.8) is 0 Å².